The predicted molar refractivity (Wildman–Crippen MR) is 86.8 cm³/mol. The van der Waals surface area contributed by atoms with Crippen molar-refractivity contribution in [1.82, 2.24) is 0 Å². The maximum atomic E-state index is 12.8. The fourth-order valence-corrected chi connectivity index (χ4v) is 2.82. The van der Waals surface area contributed by atoms with E-state index >= 15 is 0 Å². The van der Waals surface area contributed by atoms with Crippen LogP contribution in [0.4, 0.5) is 13.2 Å². The summed E-state index contributed by atoms with van der Waals surface area (Å²) in [6.07, 6.45) is 0. The first kappa shape index (κ1) is 20.3. The molecule has 0 aromatic heterocycles. The summed E-state index contributed by atoms with van der Waals surface area (Å²) in [5.74, 6) is -2.50. The van der Waals surface area contributed by atoms with Crippen molar-refractivity contribution < 1.29 is 40.0 Å². The Morgan fingerprint density at radius 1 is 1.19 bits per heavy atom. The van der Waals surface area contributed by atoms with Crippen molar-refractivity contribution >= 4 is 26.9 Å². The predicted octanol–water partition coefficient (Wildman–Crippen LogP) is 3.13. The molecule has 0 bridgehead atoms. The molecule has 2 rings (SSSR count). The Hall–Kier alpha value is -3.00. The maximum Gasteiger partial charge on any atom is 0.534 e. The van der Waals surface area contributed by atoms with E-state index in [2.05, 4.69) is 4.18 Å². The Morgan fingerprint density at radius 2 is 1.78 bits per heavy atom. The molecule has 0 unspecified atom stereocenters. The number of carbonyl (C=O) groups is 1. The molecule has 0 aliphatic carbocycles. The van der Waals surface area contributed by atoms with Gasteiger partial charge in [0.25, 0.3) is 0 Å². The zero-order chi connectivity index (χ0) is 20.4. The number of methoxy groups -OCH3 is 1. The van der Waals surface area contributed by atoms with Gasteiger partial charge in [-0.15, -0.1) is 0 Å². The number of halogens is 3. The van der Waals surface area contributed by atoms with Gasteiger partial charge in [0, 0.05) is 10.8 Å². The van der Waals surface area contributed by atoms with Crippen molar-refractivity contribution in [3.05, 3.63) is 35.4 Å². The van der Waals surface area contributed by atoms with E-state index in [4.69, 9.17) is 9.47 Å². The zero-order valence-electron chi connectivity index (χ0n) is 14.0. The van der Waals surface area contributed by atoms with Crippen molar-refractivity contribution in [3.63, 3.8) is 0 Å². The average Bonchev–Trinajstić information content (AvgIpc) is 2.59. The van der Waals surface area contributed by atoms with Gasteiger partial charge >= 0.3 is 21.6 Å². The van der Waals surface area contributed by atoms with E-state index < -0.39 is 38.5 Å². The van der Waals surface area contributed by atoms with E-state index in [1.54, 1.807) is 0 Å². The first-order chi connectivity index (χ1) is 12.6. The third-order valence-corrected chi connectivity index (χ3v) is 4.35. The molecule has 11 heteroatoms. The van der Waals surface area contributed by atoms with E-state index in [1.807, 2.05) is 0 Å². The highest BCUT2D eigenvalue weighted by Gasteiger charge is 2.49. The number of hydrogen-bond donors (Lipinski definition) is 0. The van der Waals surface area contributed by atoms with E-state index in [1.165, 1.54) is 37.3 Å². The molecule has 0 radical (unpaired) electrons. The Balaban J connectivity index is 2.98. The Bertz CT molecular complexity index is 1040. The molecule has 0 spiro atoms. The van der Waals surface area contributed by atoms with Gasteiger partial charge in [-0.25, -0.2) is 4.79 Å². The lowest BCUT2D eigenvalue weighted by molar-refractivity contribution is -0.0500. The van der Waals surface area contributed by atoms with Crippen LogP contribution in [-0.2, 0) is 14.9 Å². The van der Waals surface area contributed by atoms with Gasteiger partial charge in [-0.05, 0) is 6.92 Å². The van der Waals surface area contributed by atoms with Gasteiger partial charge in [0.1, 0.15) is 22.9 Å². The van der Waals surface area contributed by atoms with Gasteiger partial charge in [-0.2, -0.15) is 26.9 Å². The number of nitrogens with zero attached hydrogens (tertiary/aromatic N) is 1. The molecule has 0 saturated heterocycles. The maximum absolute atomic E-state index is 12.8. The Kier molecular flexibility index (Phi) is 5.51. The molecule has 0 fully saturated rings. The van der Waals surface area contributed by atoms with E-state index in [-0.39, 0.29) is 23.1 Å². The SMILES string of the molecule is CCOC(=O)c1c(OS(=O)(=O)C(F)(F)F)c(C#N)c(OC)c2ccccc12. The molecule has 0 N–H and O–H groups in total. The van der Waals surface area contributed by atoms with Crippen molar-refractivity contribution in [2.75, 3.05) is 13.7 Å². The van der Waals surface area contributed by atoms with Gasteiger partial charge < -0.3 is 13.7 Å². The second kappa shape index (κ2) is 7.32. The second-order valence-corrected chi connectivity index (χ2v) is 6.51. The van der Waals surface area contributed by atoms with Crippen LogP contribution in [0.5, 0.6) is 11.5 Å². The first-order valence-electron chi connectivity index (χ1n) is 7.29. The summed E-state index contributed by atoms with van der Waals surface area (Å²) in [6.45, 7) is 1.30. The smallest absolute Gasteiger partial charge is 0.495 e. The summed E-state index contributed by atoms with van der Waals surface area (Å²) < 4.78 is 75.4. The number of fused-ring (bicyclic) bond motifs is 1. The number of benzene rings is 2. The molecule has 0 atom stereocenters. The highest BCUT2D eigenvalue weighted by atomic mass is 32.2. The monoisotopic (exact) mass is 403 g/mol. The molecule has 0 aliphatic heterocycles. The summed E-state index contributed by atoms with van der Waals surface area (Å²) in [5, 5.41) is 9.58. The molecule has 144 valence electrons. The molecule has 0 heterocycles. The highest BCUT2D eigenvalue weighted by molar-refractivity contribution is 7.88. The van der Waals surface area contributed by atoms with Crippen molar-refractivity contribution in [1.29, 1.82) is 5.26 Å². The van der Waals surface area contributed by atoms with Gasteiger partial charge in [0.2, 0.25) is 0 Å². The lowest BCUT2D eigenvalue weighted by Crippen LogP contribution is -2.29. The lowest BCUT2D eigenvalue weighted by Gasteiger charge is -2.18. The number of carbonyl (C=O) groups excluding carboxylic acids is 1. The number of nitriles is 1. The van der Waals surface area contributed by atoms with E-state index in [0.717, 1.165) is 7.11 Å². The van der Waals surface area contributed by atoms with Gasteiger partial charge in [-0.3, -0.25) is 0 Å². The minimum absolute atomic E-state index is 0.000764. The lowest BCUT2D eigenvalue weighted by atomic mass is 9.98. The largest absolute Gasteiger partial charge is 0.534 e. The third kappa shape index (κ3) is 3.61. The Labute approximate surface area is 152 Å². The quantitative estimate of drug-likeness (QED) is 0.429. The van der Waals surface area contributed by atoms with Gasteiger partial charge in [0.15, 0.2) is 5.75 Å². The van der Waals surface area contributed by atoms with Crippen LogP contribution in [0.15, 0.2) is 24.3 Å². The summed E-state index contributed by atoms with van der Waals surface area (Å²) in [7, 11) is -5.03. The van der Waals surface area contributed by atoms with E-state index in [0.29, 0.717) is 0 Å². The van der Waals surface area contributed by atoms with Crippen LogP contribution in [0.1, 0.15) is 22.8 Å². The zero-order valence-corrected chi connectivity index (χ0v) is 14.8. The Morgan fingerprint density at radius 3 is 2.26 bits per heavy atom. The summed E-state index contributed by atoms with van der Waals surface area (Å²) in [5.41, 5.74) is -7.09. The van der Waals surface area contributed by atoms with Crippen molar-refractivity contribution in [3.8, 4) is 17.6 Å². The first-order valence-corrected chi connectivity index (χ1v) is 8.70. The molecule has 0 saturated carbocycles. The second-order valence-electron chi connectivity index (χ2n) is 4.97. The number of alkyl halides is 3. The molecule has 2 aromatic carbocycles. The minimum Gasteiger partial charge on any atom is -0.495 e. The summed E-state index contributed by atoms with van der Waals surface area (Å²) in [4.78, 5) is 12.4. The average molecular weight is 403 g/mol. The van der Waals surface area contributed by atoms with Gasteiger partial charge in [-0.1, -0.05) is 24.3 Å². The minimum atomic E-state index is -6.16. The number of hydrogen-bond acceptors (Lipinski definition) is 7. The normalized spacial score (nSPS) is 11.7. The van der Waals surface area contributed by atoms with Crippen LogP contribution < -0.4 is 8.92 Å². The fourth-order valence-electron chi connectivity index (χ4n) is 2.34. The van der Waals surface area contributed by atoms with Crippen LogP contribution in [0, 0.1) is 11.3 Å². The van der Waals surface area contributed by atoms with Crippen LogP contribution in [0.25, 0.3) is 10.8 Å². The van der Waals surface area contributed by atoms with Crippen LogP contribution in [0.3, 0.4) is 0 Å². The van der Waals surface area contributed by atoms with Crippen molar-refractivity contribution in [2.45, 2.75) is 12.4 Å². The molecule has 27 heavy (non-hydrogen) atoms. The summed E-state index contributed by atoms with van der Waals surface area (Å²) >= 11 is 0. The molecule has 2 aromatic rings. The number of rotatable bonds is 5. The summed E-state index contributed by atoms with van der Waals surface area (Å²) in [6, 6.07) is 7.30. The van der Waals surface area contributed by atoms with Gasteiger partial charge in [0.05, 0.1) is 13.7 Å². The molecule has 0 amide bonds. The molecular weight excluding hydrogens is 391 g/mol. The van der Waals surface area contributed by atoms with Crippen LogP contribution in [-0.4, -0.2) is 33.6 Å². The molecular formula is C16H12F3NO6S. The molecule has 7 nitrogen and oxygen atoms in total. The number of esters is 1. The number of ether oxygens (including phenoxy) is 2. The highest BCUT2D eigenvalue weighted by Crippen LogP contribution is 2.42. The standard InChI is InChI=1S/C16H12F3NO6S/c1-3-25-15(21)12-9-6-4-5-7-10(9)13(24-2)11(8-20)14(12)26-27(22,23)16(17,18)19/h4-7H,3H2,1-2H3. The third-order valence-electron chi connectivity index (χ3n) is 3.39. The van der Waals surface area contributed by atoms with Crippen molar-refractivity contribution in [2.24, 2.45) is 0 Å². The van der Waals surface area contributed by atoms with Crippen LogP contribution in [0.2, 0.25) is 0 Å². The van der Waals surface area contributed by atoms with E-state index in [9.17, 15) is 31.6 Å². The fraction of sp³-hybridized carbons (Fsp3) is 0.250. The molecule has 0 aliphatic rings. The van der Waals surface area contributed by atoms with Crippen LogP contribution >= 0.6 is 0 Å². The topological polar surface area (TPSA) is 103 Å².